The van der Waals surface area contributed by atoms with E-state index in [0.29, 0.717) is 53.3 Å². The van der Waals surface area contributed by atoms with Gasteiger partial charge in [0.15, 0.2) is 0 Å². The number of piperidine rings is 1. The highest BCUT2D eigenvalue weighted by atomic mass is 31.2. The predicted octanol–water partition coefficient (Wildman–Crippen LogP) is 6.33. The van der Waals surface area contributed by atoms with Gasteiger partial charge >= 0.3 is 13.3 Å². The van der Waals surface area contributed by atoms with Crippen molar-refractivity contribution in [3.8, 4) is 11.8 Å². The summed E-state index contributed by atoms with van der Waals surface area (Å²) in [4.78, 5) is 146. The van der Waals surface area contributed by atoms with Crippen LogP contribution in [0.4, 0.5) is 14.5 Å². The summed E-state index contributed by atoms with van der Waals surface area (Å²) in [5.74, 6) is 0.752. The molecule has 0 saturated carbocycles. The van der Waals surface area contributed by atoms with Crippen molar-refractivity contribution in [3.05, 3.63) is 171 Å². The first kappa shape index (κ1) is 62.7. The minimum atomic E-state index is -6.14. The van der Waals surface area contributed by atoms with Crippen LogP contribution in [0, 0.1) is 11.8 Å². The van der Waals surface area contributed by atoms with Gasteiger partial charge in [0, 0.05) is 60.8 Å². The first-order valence-electron chi connectivity index (χ1n) is 29.6. The lowest BCUT2D eigenvalue weighted by Crippen LogP contribution is -2.57. The van der Waals surface area contributed by atoms with Gasteiger partial charge in [0.25, 0.3) is 17.7 Å². The molecular formula is C65H66F2N9O12P. The van der Waals surface area contributed by atoms with Crippen molar-refractivity contribution in [1.29, 1.82) is 0 Å². The lowest BCUT2D eigenvalue weighted by Gasteiger charge is -2.29. The second kappa shape index (κ2) is 26.9. The number of hydrogen-bond donors (Lipinski definition) is 9. The zero-order valence-electron chi connectivity index (χ0n) is 48.3. The van der Waals surface area contributed by atoms with Crippen LogP contribution in [0.5, 0.6) is 0 Å². The van der Waals surface area contributed by atoms with E-state index in [-0.39, 0.29) is 86.4 Å². The number of nitrogens with one attached hydrogen (secondary N) is 6. The SMILES string of the molecule is NC(=O)CC[C@H](NC(=O)[C@@H]1Cc2cccc3c2N1C(=O)[C@@H](NC(=O)c1cc2cc(C(F)(F)P(=O)(O)O)cc(C(=O)NCCCCCCCCC#Cc4cccc5c4CN(C4CCC(=O)NC4=O)C5=O)c2[nH]1)CC3)C(=O)NC(c1ccccc1)c1ccccc1. The van der Waals surface area contributed by atoms with Crippen molar-refractivity contribution in [2.45, 2.75) is 132 Å². The summed E-state index contributed by atoms with van der Waals surface area (Å²) < 4.78 is 43.0. The number of aryl methyl sites for hydroxylation is 1. The maximum absolute atomic E-state index is 15.4. The van der Waals surface area contributed by atoms with Crippen LogP contribution in [0.25, 0.3) is 10.9 Å². The zero-order chi connectivity index (χ0) is 63.1. The van der Waals surface area contributed by atoms with Gasteiger partial charge in [-0.25, -0.2) is 0 Å². The number of nitrogens with zero attached hydrogens (tertiary/aromatic N) is 2. The zero-order valence-corrected chi connectivity index (χ0v) is 49.2. The molecule has 4 aliphatic heterocycles. The molecule has 0 bridgehead atoms. The molecule has 1 unspecified atom stereocenters. The summed E-state index contributed by atoms with van der Waals surface area (Å²) in [7, 11) is -6.14. The van der Waals surface area contributed by atoms with E-state index in [1.165, 1.54) is 9.80 Å². The molecule has 0 radical (unpaired) electrons. The number of aromatic nitrogens is 1. The Morgan fingerprint density at radius 2 is 1.47 bits per heavy atom. The molecule has 24 heteroatoms. The molecule has 0 spiro atoms. The Labute approximate surface area is 510 Å². The maximum atomic E-state index is 15.4. The van der Waals surface area contributed by atoms with Crippen molar-refractivity contribution >= 4 is 77.4 Å². The van der Waals surface area contributed by atoms with Crippen LogP contribution in [0.15, 0.2) is 115 Å². The Hall–Kier alpha value is -9.36. The van der Waals surface area contributed by atoms with Gasteiger partial charge < -0.3 is 46.7 Å². The van der Waals surface area contributed by atoms with Gasteiger partial charge in [-0.15, -0.1) is 0 Å². The number of unbranched alkanes of at least 4 members (excludes halogenated alkanes) is 6. The van der Waals surface area contributed by atoms with Gasteiger partial charge in [0.2, 0.25) is 35.4 Å². The Kier molecular flexibility index (Phi) is 19.0. The number of aromatic amines is 1. The molecule has 9 amide bonds. The van der Waals surface area contributed by atoms with Gasteiger partial charge in [0.1, 0.15) is 29.9 Å². The number of amides is 9. The minimum Gasteiger partial charge on any atom is -0.370 e. The van der Waals surface area contributed by atoms with Crippen molar-refractivity contribution in [1.82, 2.24) is 36.5 Å². The standard InChI is InChI=1S/C65H66F2N9O12P/c66-65(67,89(86,87)88)44-33-43-34-50(70-56(43)46(36-44)58(79)69-32-14-6-4-2-1-3-5-9-17-38-22-16-25-45-47(38)37-75(63(45)84)51-29-31-54(78)73-61(51)82)60(81)72-49-27-26-41-23-15-24-42-35-52(76(57(41)42)64(49)85)62(83)71-48(28-30-53(68)77)59(80)74-55(39-18-10-7-11-19-39)40-20-12-8-13-21-40/h7-8,10-13,15-16,18-25,33-34,36,48-49,51-52,55,70H,1-6,14,26-32,35,37H2,(H2,68,77)(H,69,79)(H,71,83)(H,72,81)(H,74,80)(H,73,78,82)(H2,86,87,88)/t48-,49-,51?,52-/m0/s1. The first-order chi connectivity index (χ1) is 42.7. The third-order valence-electron chi connectivity index (χ3n) is 16.6. The molecule has 462 valence electrons. The number of primary amides is 1. The van der Waals surface area contributed by atoms with E-state index in [1.54, 1.807) is 30.3 Å². The Bertz CT molecular complexity index is 3860. The summed E-state index contributed by atoms with van der Waals surface area (Å²) in [6.45, 7) is 0.331. The fraction of sp³-hybridized carbons (Fsp3) is 0.338. The van der Waals surface area contributed by atoms with Crippen LogP contribution in [-0.2, 0) is 58.4 Å². The Morgan fingerprint density at radius 1 is 0.787 bits per heavy atom. The molecule has 10 rings (SSSR count). The van der Waals surface area contributed by atoms with Crippen molar-refractivity contribution < 1.29 is 66.3 Å². The fourth-order valence-corrected chi connectivity index (χ4v) is 12.5. The van der Waals surface area contributed by atoms with E-state index in [9.17, 15) is 57.5 Å². The number of hydrogen-bond acceptors (Lipinski definition) is 10. The monoisotopic (exact) mass is 1230 g/mol. The van der Waals surface area contributed by atoms with Gasteiger partial charge in [-0.2, -0.15) is 8.78 Å². The van der Waals surface area contributed by atoms with Crippen molar-refractivity contribution in [2.75, 3.05) is 11.4 Å². The highest BCUT2D eigenvalue weighted by Crippen LogP contribution is 2.59. The molecule has 1 aromatic heterocycles. The third kappa shape index (κ3) is 13.8. The number of H-pyrrole nitrogens is 1. The first-order valence-corrected chi connectivity index (χ1v) is 31.2. The number of carbonyl (C=O) groups is 9. The lowest BCUT2D eigenvalue weighted by atomic mass is 9.98. The second-order valence-corrected chi connectivity index (χ2v) is 24.3. The molecule has 21 nitrogen and oxygen atoms in total. The highest BCUT2D eigenvalue weighted by Gasteiger charge is 2.51. The molecule has 4 aliphatic rings. The minimum absolute atomic E-state index is 0.0385. The number of carbonyl (C=O) groups excluding carboxylic acids is 9. The molecule has 10 N–H and O–H groups in total. The summed E-state index contributed by atoms with van der Waals surface area (Å²) in [6.07, 6.45) is 5.41. The highest BCUT2D eigenvalue weighted by molar-refractivity contribution is 7.52. The number of fused-ring (bicyclic) bond motifs is 2. The maximum Gasteiger partial charge on any atom is 0.399 e. The summed E-state index contributed by atoms with van der Waals surface area (Å²) in [5, 5.41) is 13.4. The number of anilines is 1. The van der Waals surface area contributed by atoms with E-state index < -0.39 is 95.9 Å². The number of nitrogens with two attached hydrogens (primary N) is 1. The van der Waals surface area contributed by atoms with Crippen LogP contribution < -0.4 is 37.2 Å². The molecule has 0 aliphatic carbocycles. The summed E-state index contributed by atoms with van der Waals surface area (Å²) >= 11 is 0. The smallest absolute Gasteiger partial charge is 0.370 e. The number of rotatable bonds is 23. The number of benzene rings is 5. The molecule has 5 heterocycles. The molecule has 6 aromatic rings. The van der Waals surface area contributed by atoms with E-state index in [1.807, 2.05) is 66.7 Å². The van der Waals surface area contributed by atoms with Gasteiger partial charge in [-0.1, -0.05) is 122 Å². The van der Waals surface area contributed by atoms with Crippen molar-refractivity contribution in [3.63, 3.8) is 0 Å². The van der Waals surface area contributed by atoms with Crippen LogP contribution in [0.3, 0.4) is 0 Å². The fourth-order valence-electron chi connectivity index (χ4n) is 12.0. The number of halogens is 2. The second-order valence-electron chi connectivity index (χ2n) is 22.7. The van der Waals surface area contributed by atoms with Crippen LogP contribution in [-0.4, -0.2) is 104 Å². The number of imide groups is 1. The average molecular weight is 1230 g/mol. The third-order valence-corrected chi connectivity index (χ3v) is 17.6. The van der Waals surface area contributed by atoms with Crippen LogP contribution >= 0.6 is 7.60 Å². The largest absolute Gasteiger partial charge is 0.399 e. The van der Waals surface area contributed by atoms with Crippen molar-refractivity contribution in [2.24, 2.45) is 5.73 Å². The van der Waals surface area contributed by atoms with Crippen LogP contribution in [0.1, 0.15) is 153 Å². The predicted molar refractivity (Wildman–Crippen MR) is 322 cm³/mol. The van der Waals surface area contributed by atoms with E-state index >= 15 is 8.78 Å². The van der Waals surface area contributed by atoms with Gasteiger partial charge in [-0.05, 0) is 96.7 Å². The average Bonchev–Trinajstić information content (AvgIpc) is 2.06. The molecular weight excluding hydrogens is 1170 g/mol. The van der Waals surface area contributed by atoms with Crippen LogP contribution in [0.2, 0.25) is 0 Å². The Balaban J connectivity index is 0.768. The lowest BCUT2D eigenvalue weighted by molar-refractivity contribution is -0.137. The Morgan fingerprint density at radius 3 is 2.17 bits per heavy atom. The van der Waals surface area contributed by atoms with Gasteiger partial charge in [0.05, 0.1) is 22.8 Å². The van der Waals surface area contributed by atoms with E-state index in [0.717, 1.165) is 54.5 Å². The quantitative estimate of drug-likeness (QED) is 0.0147. The molecule has 1 saturated heterocycles. The molecule has 89 heavy (non-hydrogen) atoms. The van der Waals surface area contributed by atoms with E-state index in [2.05, 4.69) is 43.4 Å². The van der Waals surface area contributed by atoms with Gasteiger partial charge in [-0.3, -0.25) is 57.9 Å². The molecule has 5 aromatic carbocycles. The van der Waals surface area contributed by atoms with E-state index in [4.69, 9.17) is 5.73 Å². The normalized spacial score (nSPS) is 17.5. The summed E-state index contributed by atoms with van der Waals surface area (Å²) in [5.41, 5.74) is 4.08. The molecule has 4 atom stereocenters. The number of para-hydroxylation sites is 1. The topological polar surface area (TPSA) is 320 Å². The summed E-state index contributed by atoms with van der Waals surface area (Å²) in [6, 6.07) is 26.3. The molecule has 1 fully saturated rings. The number of alkyl halides is 2.